The summed E-state index contributed by atoms with van der Waals surface area (Å²) in [4.78, 5) is -1.68. The highest BCUT2D eigenvalue weighted by molar-refractivity contribution is 7.94. The van der Waals surface area contributed by atoms with Gasteiger partial charge in [0.1, 0.15) is 0 Å². The maximum absolute atomic E-state index is 13.1. The third kappa shape index (κ3) is 8.15. The van der Waals surface area contributed by atoms with Crippen LogP contribution in [0.1, 0.15) is 43.9 Å². The van der Waals surface area contributed by atoms with E-state index in [2.05, 4.69) is 0 Å². The van der Waals surface area contributed by atoms with Gasteiger partial charge in [-0.2, -0.15) is 8.42 Å². The van der Waals surface area contributed by atoms with E-state index >= 15 is 0 Å². The van der Waals surface area contributed by atoms with Gasteiger partial charge in [0, 0.05) is 0 Å². The molecular weight excluding hydrogens is 439 g/mol. The van der Waals surface area contributed by atoms with E-state index in [0.717, 1.165) is 11.1 Å². The number of benzene rings is 2. The fourth-order valence-electron chi connectivity index (χ4n) is 3.31. The summed E-state index contributed by atoms with van der Waals surface area (Å²) in [5, 5.41) is 0. The smallest absolute Gasteiger partial charge is 0.351 e. The van der Waals surface area contributed by atoms with E-state index in [4.69, 9.17) is 13.8 Å². The molecule has 0 saturated carbocycles. The van der Waals surface area contributed by atoms with Crippen molar-refractivity contribution in [3.63, 3.8) is 0 Å². The monoisotopic (exact) mass is 470 g/mol. The Morgan fingerprint density at radius 3 is 1.97 bits per heavy atom. The van der Waals surface area contributed by atoms with Crippen LogP contribution in [0.5, 0.6) is 0 Å². The third-order valence-electron chi connectivity index (χ3n) is 4.71. The van der Waals surface area contributed by atoms with Crippen molar-refractivity contribution in [1.29, 1.82) is 0 Å². The van der Waals surface area contributed by atoms with E-state index in [-0.39, 0.29) is 26.1 Å². The van der Waals surface area contributed by atoms with Crippen LogP contribution in [0.15, 0.2) is 60.7 Å². The van der Waals surface area contributed by atoms with Gasteiger partial charge < -0.3 is 13.8 Å². The molecule has 0 aliphatic rings. The molecule has 2 atom stereocenters. The quantitative estimate of drug-likeness (QED) is 0.297. The fourth-order valence-corrected chi connectivity index (χ4v) is 7.00. The highest BCUT2D eigenvalue weighted by Crippen LogP contribution is 2.56. The van der Waals surface area contributed by atoms with Crippen LogP contribution in [-0.2, 0) is 34.9 Å². The van der Waals surface area contributed by atoms with E-state index in [9.17, 15) is 17.5 Å². The van der Waals surface area contributed by atoms with Gasteiger partial charge in [-0.25, -0.2) is 0 Å². The van der Waals surface area contributed by atoms with Crippen LogP contribution in [-0.4, -0.2) is 37.8 Å². The van der Waals surface area contributed by atoms with Gasteiger partial charge in [-0.3, -0.25) is 9.12 Å². The normalized spacial score (nSPS) is 14.3. The van der Waals surface area contributed by atoms with Crippen LogP contribution in [0, 0.1) is 0 Å². The standard InChI is InChI=1S/C22H31O7PS/c1-3-28-30(23,29-4-2)22(31(24,25)26)16-15-21(20-13-9-6-10-14-20)27-18-17-19-11-7-5-8-12-19/h5-14,21-22H,3-4,15-18H2,1-2H3,(H,24,25,26). The first kappa shape index (κ1) is 25.7. The fraction of sp³-hybridized carbons (Fsp3) is 0.455. The number of hydrogen-bond donors (Lipinski definition) is 1. The molecule has 0 aromatic heterocycles. The average Bonchev–Trinajstić information content (AvgIpc) is 2.73. The van der Waals surface area contributed by atoms with Crippen LogP contribution in [0.25, 0.3) is 0 Å². The molecule has 2 aromatic carbocycles. The highest BCUT2D eigenvalue weighted by Gasteiger charge is 2.44. The summed E-state index contributed by atoms with van der Waals surface area (Å²) in [6.07, 6.45) is 0.335. The van der Waals surface area contributed by atoms with E-state index in [1.54, 1.807) is 13.8 Å². The molecule has 1 N–H and O–H groups in total. The minimum atomic E-state index is -4.68. The maximum atomic E-state index is 13.1. The Labute approximate surface area is 185 Å². The van der Waals surface area contributed by atoms with E-state index < -0.39 is 28.8 Å². The molecule has 0 fully saturated rings. The average molecular weight is 471 g/mol. The number of ether oxygens (including phenoxy) is 1. The highest BCUT2D eigenvalue weighted by atomic mass is 32.2. The van der Waals surface area contributed by atoms with Gasteiger partial charge in [0.15, 0.2) is 4.99 Å². The van der Waals surface area contributed by atoms with Crippen molar-refractivity contribution in [1.82, 2.24) is 0 Å². The van der Waals surface area contributed by atoms with Gasteiger partial charge in [0.05, 0.1) is 25.9 Å². The predicted molar refractivity (Wildman–Crippen MR) is 121 cm³/mol. The lowest BCUT2D eigenvalue weighted by molar-refractivity contribution is 0.0474. The summed E-state index contributed by atoms with van der Waals surface area (Å²) in [6.45, 7) is 3.60. The Morgan fingerprint density at radius 1 is 0.903 bits per heavy atom. The second-order valence-corrected chi connectivity index (χ2v) is 11.1. The van der Waals surface area contributed by atoms with E-state index in [0.29, 0.717) is 13.0 Å². The van der Waals surface area contributed by atoms with Crippen LogP contribution in [0.3, 0.4) is 0 Å². The molecule has 0 amide bonds. The third-order valence-corrected chi connectivity index (χ3v) is 9.41. The van der Waals surface area contributed by atoms with Crippen molar-refractivity contribution in [2.45, 2.75) is 44.2 Å². The van der Waals surface area contributed by atoms with Crippen LogP contribution < -0.4 is 0 Å². The molecule has 0 spiro atoms. The Bertz CT molecular complexity index is 909. The molecule has 0 heterocycles. The van der Waals surface area contributed by atoms with Crippen molar-refractivity contribution >= 4 is 17.7 Å². The Kier molecular flexibility index (Phi) is 10.4. The predicted octanol–water partition coefficient (Wildman–Crippen LogP) is 5.25. The van der Waals surface area contributed by atoms with Crippen LogP contribution >= 0.6 is 7.60 Å². The molecule has 9 heteroatoms. The summed E-state index contributed by atoms with van der Waals surface area (Å²) in [6, 6.07) is 19.3. The molecule has 2 unspecified atom stereocenters. The molecule has 2 aromatic rings. The summed E-state index contributed by atoms with van der Waals surface area (Å²) < 4.78 is 63.4. The lowest BCUT2D eigenvalue weighted by atomic mass is 10.1. The van der Waals surface area contributed by atoms with Gasteiger partial charge in [-0.1, -0.05) is 60.7 Å². The minimum absolute atomic E-state index is 0.00100. The molecule has 172 valence electrons. The summed E-state index contributed by atoms with van der Waals surface area (Å²) in [7, 11) is -8.74. The molecule has 2 rings (SSSR count). The molecule has 0 radical (unpaired) electrons. The van der Waals surface area contributed by atoms with Crippen molar-refractivity contribution in [3.05, 3.63) is 71.8 Å². The van der Waals surface area contributed by atoms with Gasteiger partial charge in [-0.05, 0) is 44.2 Å². The van der Waals surface area contributed by atoms with Crippen molar-refractivity contribution in [3.8, 4) is 0 Å². The van der Waals surface area contributed by atoms with E-state index in [1.165, 1.54) is 0 Å². The molecule has 7 nitrogen and oxygen atoms in total. The summed E-state index contributed by atoms with van der Waals surface area (Å²) in [5.41, 5.74) is 2.00. The summed E-state index contributed by atoms with van der Waals surface area (Å²) in [5.74, 6) is 0. The van der Waals surface area contributed by atoms with Crippen LogP contribution in [0.2, 0.25) is 0 Å². The first-order chi connectivity index (χ1) is 14.8. The van der Waals surface area contributed by atoms with Gasteiger partial charge in [-0.15, -0.1) is 0 Å². The topological polar surface area (TPSA) is 99.1 Å². The molecule has 0 bridgehead atoms. The first-order valence-electron chi connectivity index (χ1n) is 10.4. The second kappa shape index (κ2) is 12.5. The van der Waals surface area contributed by atoms with Crippen LogP contribution in [0.4, 0.5) is 0 Å². The van der Waals surface area contributed by atoms with Gasteiger partial charge in [0.25, 0.3) is 10.1 Å². The van der Waals surface area contributed by atoms with Gasteiger partial charge >= 0.3 is 7.60 Å². The second-order valence-electron chi connectivity index (χ2n) is 6.93. The molecule has 0 aliphatic carbocycles. The van der Waals surface area contributed by atoms with Gasteiger partial charge in [0.2, 0.25) is 0 Å². The SMILES string of the molecule is CCOP(=O)(OCC)C(CCC(OCCc1ccccc1)c1ccccc1)S(=O)(=O)O. The Morgan fingerprint density at radius 2 is 1.45 bits per heavy atom. The van der Waals surface area contributed by atoms with E-state index in [1.807, 2.05) is 60.7 Å². The largest absolute Gasteiger partial charge is 0.373 e. The lowest BCUT2D eigenvalue weighted by Gasteiger charge is -2.26. The zero-order valence-corrected chi connectivity index (χ0v) is 19.6. The van der Waals surface area contributed by atoms with Crippen molar-refractivity contribution in [2.24, 2.45) is 0 Å². The maximum Gasteiger partial charge on any atom is 0.351 e. The van der Waals surface area contributed by atoms with Crippen molar-refractivity contribution < 1.29 is 31.3 Å². The first-order valence-corrected chi connectivity index (χ1v) is 13.5. The number of rotatable bonds is 14. The summed E-state index contributed by atoms with van der Waals surface area (Å²) >= 11 is 0. The Hall–Kier alpha value is -1.54. The zero-order valence-electron chi connectivity index (χ0n) is 17.9. The molecule has 0 saturated heterocycles. The molecular formula is C22H31O7PS. The minimum Gasteiger partial charge on any atom is -0.373 e. The zero-order chi connectivity index (χ0) is 22.7. The Balaban J connectivity index is 2.16. The van der Waals surface area contributed by atoms with Crippen molar-refractivity contribution in [2.75, 3.05) is 19.8 Å². The number of hydrogen-bond acceptors (Lipinski definition) is 6. The molecule has 31 heavy (non-hydrogen) atoms. The lowest BCUT2D eigenvalue weighted by Crippen LogP contribution is -2.24. The molecule has 0 aliphatic heterocycles.